The molecule has 8 atom stereocenters. The number of anilines is 1. The van der Waals surface area contributed by atoms with Crippen molar-refractivity contribution in [1.29, 1.82) is 0 Å². The van der Waals surface area contributed by atoms with Gasteiger partial charge in [0.15, 0.2) is 5.72 Å². The van der Waals surface area contributed by atoms with Gasteiger partial charge in [0.25, 0.3) is 0 Å². The maximum atomic E-state index is 14.1. The topological polar surface area (TPSA) is 194 Å². The van der Waals surface area contributed by atoms with Crippen molar-refractivity contribution in [2.45, 2.75) is 114 Å². The monoisotopic (exact) mass is 777 g/mol. The van der Waals surface area contributed by atoms with Gasteiger partial charge in [-0.1, -0.05) is 42.3 Å². The number of carbonyl (C=O) groups excluding carboxylic acids is 4. The minimum atomic E-state index is -1.85. The summed E-state index contributed by atoms with van der Waals surface area (Å²) in [5.74, 6) is -2.80. The standard InChI is InChI=1S/C38H52ClN3O12/c1-21-12-11-13-28(51-8)38(49)20-27(52-36(48)40-38)22(2)34-37(4,54-34)29(53-35(47)23(3)41(5)30(43)14-9-10-15-32(45)46)19-31(44)42(6)25-17-24(16-21)18-26(50-7)33(25)39/h11-13,17-18,22-23,27-29,34,49H,9-10,14-16,19-20H2,1-8H3,(H,40,48)(H,45,46)/b13-11+,21-12+/t22-,23+,27+,28-,29+,34+,37+,38+/m1/s1. The van der Waals surface area contributed by atoms with Crippen LogP contribution in [0.4, 0.5) is 10.5 Å². The number of rotatable bonds is 10. The van der Waals surface area contributed by atoms with E-state index >= 15 is 0 Å². The first kappa shape index (κ1) is 42.6. The molecular weight excluding hydrogens is 726 g/mol. The molecule has 3 N–H and O–H groups in total. The zero-order chi connectivity index (χ0) is 40.1. The molecule has 298 valence electrons. The molecule has 3 aliphatic heterocycles. The second-order valence-corrected chi connectivity index (χ2v) is 14.9. The fraction of sp³-hybridized carbons (Fsp3) is 0.605. The minimum absolute atomic E-state index is 0.0359. The largest absolute Gasteiger partial charge is 0.495 e. The number of hydrogen-bond acceptors (Lipinski definition) is 11. The van der Waals surface area contributed by atoms with Crippen molar-refractivity contribution in [3.8, 4) is 5.75 Å². The Kier molecular flexibility index (Phi) is 13.8. The third-order valence-electron chi connectivity index (χ3n) is 10.6. The Labute approximate surface area is 320 Å². The number of benzene rings is 1. The Bertz CT molecular complexity index is 1670. The van der Waals surface area contributed by atoms with Crippen LogP contribution in [-0.4, -0.2) is 115 Å². The van der Waals surface area contributed by atoms with Gasteiger partial charge < -0.3 is 43.7 Å². The van der Waals surface area contributed by atoms with Crippen LogP contribution in [-0.2, 0) is 44.5 Å². The summed E-state index contributed by atoms with van der Waals surface area (Å²) in [5, 5.41) is 23.3. The molecule has 15 nitrogen and oxygen atoms in total. The van der Waals surface area contributed by atoms with Gasteiger partial charge in [-0.15, -0.1) is 0 Å². The second-order valence-electron chi connectivity index (χ2n) is 14.5. The van der Waals surface area contributed by atoms with E-state index in [-0.39, 0.29) is 36.6 Å². The summed E-state index contributed by atoms with van der Waals surface area (Å²) >= 11 is 6.74. The molecule has 2 saturated heterocycles. The number of unbranched alkanes of at least 4 members (excludes halogenated alkanes) is 1. The van der Waals surface area contributed by atoms with Crippen molar-refractivity contribution >= 4 is 47.1 Å². The Morgan fingerprint density at radius 3 is 2.52 bits per heavy atom. The molecule has 0 radical (unpaired) electrons. The number of nitrogens with one attached hydrogen (secondary N) is 1. The van der Waals surface area contributed by atoms with Crippen LogP contribution in [0.2, 0.25) is 5.02 Å². The number of likely N-dealkylation sites (N-methyl/N-ethyl adjacent to an activating group) is 1. The first-order chi connectivity index (χ1) is 25.3. The third-order valence-corrected chi connectivity index (χ3v) is 10.9. The fourth-order valence-electron chi connectivity index (χ4n) is 6.95. The molecule has 0 spiro atoms. The van der Waals surface area contributed by atoms with Crippen molar-refractivity contribution in [3.63, 3.8) is 0 Å². The number of epoxide rings is 1. The van der Waals surface area contributed by atoms with Crippen molar-refractivity contribution < 1.29 is 57.9 Å². The summed E-state index contributed by atoms with van der Waals surface area (Å²) in [7, 11) is 5.89. The minimum Gasteiger partial charge on any atom is -0.495 e. The number of aliphatic carboxylic acids is 1. The van der Waals surface area contributed by atoms with Crippen molar-refractivity contribution in [3.05, 3.63) is 46.5 Å². The second kappa shape index (κ2) is 17.5. The van der Waals surface area contributed by atoms with Crippen LogP contribution in [0.1, 0.15) is 71.8 Å². The molecule has 0 unspecified atom stereocenters. The highest BCUT2D eigenvalue weighted by molar-refractivity contribution is 6.35. The Morgan fingerprint density at radius 1 is 1.19 bits per heavy atom. The summed E-state index contributed by atoms with van der Waals surface area (Å²) in [6.07, 6.45) is 1.25. The van der Waals surface area contributed by atoms with Gasteiger partial charge in [0.1, 0.15) is 40.7 Å². The van der Waals surface area contributed by atoms with Gasteiger partial charge in [-0.2, -0.15) is 0 Å². The summed E-state index contributed by atoms with van der Waals surface area (Å²) in [6.45, 7) is 6.86. The van der Waals surface area contributed by atoms with Crippen LogP contribution in [0.5, 0.6) is 5.75 Å². The molecular formula is C38H52ClN3O12. The lowest BCUT2D eigenvalue weighted by molar-refractivity contribution is -0.162. The molecule has 54 heavy (non-hydrogen) atoms. The van der Waals surface area contributed by atoms with E-state index in [1.165, 1.54) is 38.0 Å². The maximum Gasteiger partial charge on any atom is 0.409 e. The molecule has 3 heterocycles. The smallest absolute Gasteiger partial charge is 0.409 e. The molecule has 0 aliphatic carbocycles. The van der Waals surface area contributed by atoms with E-state index in [1.807, 2.05) is 13.0 Å². The van der Waals surface area contributed by atoms with Gasteiger partial charge in [0, 0.05) is 46.4 Å². The number of aliphatic hydroxyl groups is 1. The van der Waals surface area contributed by atoms with Gasteiger partial charge in [0.2, 0.25) is 11.8 Å². The van der Waals surface area contributed by atoms with E-state index in [4.69, 9.17) is 40.4 Å². The molecule has 1 aromatic rings. The number of hydrogen-bond donors (Lipinski definition) is 3. The summed E-state index contributed by atoms with van der Waals surface area (Å²) in [5.41, 5.74) is -1.05. The number of allylic oxidation sites excluding steroid dienone is 3. The molecule has 3 amide bonds. The SMILES string of the molecule is COc1cc2cc(c1Cl)N(C)C(=O)C[C@H](OC(=O)[C@H](C)N(C)C(=O)CCCCC(=O)O)[C@]1(C)O[C@H]1[C@H](C)[C@@H]1C[C@@](O)(NC(=O)O1)[C@H](OC)/C=C/C=C(\C)C2. The number of halogens is 1. The number of alkyl carbamates (subject to hydrolysis) is 1. The Hall–Kier alpha value is -4.18. The third kappa shape index (κ3) is 9.73. The normalized spacial score (nSPS) is 30.7. The van der Waals surface area contributed by atoms with Crippen LogP contribution in [0, 0.1) is 5.92 Å². The molecule has 2 fully saturated rings. The average molecular weight is 778 g/mol. The van der Waals surface area contributed by atoms with Gasteiger partial charge in [-0.3, -0.25) is 19.7 Å². The van der Waals surface area contributed by atoms with Crippen molar-refractivity contribution in [2.75, 3.05) is 33.2 Å². The van der Waals surface area contributed by atoms with E-state index in [2.05, 4.69) is 5.32 Å². The van der Waals surface area contributed by atoms with E-state index in [0.717, 1.165) is 11.1 Å². The first-order valence-electron chi connectivity index (χ1n) is 17.9. The number of carboxylic acid groups (broad SMARTS) is 1. The van der Waals surface area contributed by atoms with Crippen LogP contribution >= 0.6 is 11.6 Å². The number of fused-ring (bicyclic) bond motifs is 5. The summed E-state index contributed by atoms with van der Waals surface area (Å²) < 4.78 is 29.1. The van der Waals surface area contributed by atoms with Crippen LogP contribution in [0.25, 0.3) is 0 Å². The van der Waals surface area contributed by atoms with Gasteiger partial charge in [-0.05, 0) is 57.7 Å². The highest BCUT2D eigenvalue weighted by Crippen LogP contribution is 2.49. The number of carbonyl (C=O) groups is 5. The molecule has 16 heteroatoms. The zero-order valence-electron chi connectivity index (χ0n) is 32.0. The predicted molar refractivity (Wildman–Crippen MR) is 197 cm³/mol. The highest BCUT2D eigenvalue weighted by Gasteiger charge is 2.64. The van der Waals surface area contributed by atoms with Crippen molar-refractivity contribution in [1.82, 2.24) is 10.2 Å². The Morgan fingerprint density at radius 2 is 1.87 bits per heavy atom. The number of ether oxygens (including phenoxy) is 5. The number of nitrogens with zero attached hydrogens (tertiary/aromatic N) is 2. The molecule has 1 aromatic carbocycles. The highest BCUT2D eigenvalue weighted by atomic mass is 35.5. The first-order valence-corrected chi connectivity index (χ1v) is 18.3. The molecule has 4 rings (SSSR count). The fourth-order valence-corrected chi connectivity index (χ4v) is 7.26. The van der Waals surface area contributed by atoms with Crippen LogP contribution < -0.4 is 15.0 Å². The molecule has 4 bridgehead atoms. The van der Waals surface area contributed by atoms with Crippen LogP contribution in [0.15, 0.2) is 35.9 Å². The number of methoxy groups -OCH3 is 2. The molecule has 3 aliphatic rings. The lowest BCUT2D eigenvalue weighted by atomic mass is 9.83. The number of esters is 1. The maximum absolute atomic E-state index is 14.1. The molecule has 0 aromatic heterocycles. The van der Waals surface area contributed by atoms with E-state index < -0.39 is 71.6 Å². The van der Waals surface area contributed by atoms with Gasteiger partial charge in [-0.25, -0.2) is 9.59 Å². The van der Waals surface area contributed by atoms with E-state index in [0.29, 0.717) is 30.7 Å². The lowest BCUT2D eigenvalue weighted by Crippen LogP contribution is -2.63. The van der Waals surface area contributed by atoms with E-state index in [1.54, 1.807) is 45.2 Å². The van der Waals surface area contributed by atoms with Gasteiger partial charge in [0.05, 0.1) is 25.3 Å². The van der Waals surface area contributed by atoms with Crippen LogP contribution in [0.3, 0.4) is 0 Å². The zero-order valence-corrected chi connectivity index (χ0v) is 32.8. The molecule has 0 saturated carbocycles. The lowest BCUT2D eigenvalue weighted by Gasteiger charge is -2.42. The number of carboxylic acids is 1. The predicted octanol–water partition coefficient (Wildman–Crippen LogP) is 4.16. The Balaban J connectivity index is 1.71. The quantitative estimate of drug-likeness (QED) is 0.175. The summed E-state index contributed by atoms with van der Waals surface area (Å²) in [6, 6.07) is 2.48. The van der Waals surface area contributed by atoms with Gasteiger partial charge >= 0.3 is 18.0 Å². The average Bonchev–Trinajstić information content (AvgIpc) is 3.81. The van der Waals surface area contributed by atoms with E-state index in [9.17, 15) is 29.1 Å². The number of amides is 3. The van der Waals surface area contributed by atoms with Crippen molar-refractivity contribution in [2.24, 2.45) is 5.92 Å². The summed E-state index contributed by atoms with van der Waals surface area (Å²) in [4.78, 5) is 67.0.